The van der Waals surface area contributed by atoms with Crippen LogP contribution in [0.2, 0.25) is 5.02 Å². The summed E-state index contributed by atoms with van der Waals surface area (Å²) < 4.78 is 37.5. The highest BCUT2D eigenvalue weighted by Crippen LogP contribution is 2.43. The first kappa shape index (κ1) is 27.5. The van der Waals surface area contributed by atoms with Gasteiger partial charge in [0.1, 0.15) is 17.6 Å². The van der Waals surface area contributed by atoms with Crippen LogP contribution in [-0.4, -0.2) is 43.9 Å². The van der Waals surface area contributed by atoms with Crippen molar-refractivity contribution >= 4 is 22.7 Å². The molecule has 1 atom stereocenters. The van der Waals surface area contributed by atoms with E-state index < -0.39 is 0 Å². The average molecular weight is 554 g/mol. The number of nitrogens with zero attached hydrogens (tertiary/aromatic N) is 1. The maximum atomic E-state index is 13.0. The van der Waals surface area contributed by atoms with Crippen molar-refractivity contribution in [1.82, 2.24) is 4.90 Å². The summed E-state index contributed by atoms with van der Waals surface area (Å²) in [6.45, 7) is 4.76. The van der Waals surface area contributed by atoms with E-state index in [-0.39, 0.29) is 18.5 Å². The molecule has 0 saturated carbocycles. The predicted molar refractivity (Wildman–Crippen MR) is 152 cm³/mol. The second-order valence-electron chi connectivity index (χ2n) is 10.1. The summed E-state index contributed by atoms with van der Waals surface area (Å²) in [7, 11) is 0. The highest BCUT2D eigenvalue weighted by atomic mass is 35.5. The third-order valence-electron chi connectivity index (χ3n) is 7.47. The first-order chi connectivity index (χ1) is 19.1. The lowest BCUT2D eigenvalue weighted by Crippen LogP contribution is -2.26. The van der Waals surface area contributed by atoms with Crippen LogP contribution in [0.25, 0.3) is 11.1 Å². The molecule has 0 unspecified atom stereocenters. The van der Waals surface area contributed by atoms with Crippen molar-refractivity contribution in [1.29, 1.82) is 0 Å². The number of hydrogen-bond acceptors (Lipinski definition) is 4. The van der Waals surface area contributed by atoms with E-state index in [1.54, 1.807) is 12.1 Å². The normalized spacial score (nSPS) is 17.6. The van der Waals surface area contributed by atoms with Crippen LogP contribution in [0, 0.1) is 0 Å². The Bertz CT molecular complexity index is 1310. The van der Waals surface area contributed by atoms with Gasteiger partial charge in [-0.2, -0.15) is 0 Å². The summed E-state index contributed by atoms with van der Waals surface area (Å²) >= 11 is 6.81. The van der Waals surface area contributed by atoms with Crippen molar-refractivity contribution in [3.63, 3.8) is 0 Å². The molecule has 1 saturated heterocycles. The zero-order valence-electron chi connectivity index (χ0n) is 22.2. The molecule has 2 aliphatic rings. The Balaban J connectivity index is 1.50. The molecule has 3 aromatic rings. The van der Waals surface area contributed by atoms with Crippen LogP contribution in [0.3, 0.4) is 0 Å². The molecule has 1 heterocycles. The number of likely N-dealkylation sites (tertiary alicyclic amines) is 1. The molecule has 3 aromatic carbocycles. The van der Waals surface area contributed by atoms with Gasteiger partial charge >= 0.3 is 0 Å². The van der Waals surface area contributed by atoms with Crippen LogP contribution < -0.4 is 14.4 Å². The number of rotatable bonds is 10. The monoisotopic (exact) mass is 553 g/mol. The molecule has 7 heteroatoms. The lowest BCUT2D eigenvalue weighted by Gasteiger charge is -2.19. The minimum Gasteiger partial charge on any atom is -0.494 e. The van der Waals surface area contributed by atoms with E-state index in [2.05, 4.69) is 22.0 Å². The molecule has 0 amide bonds. The SMILES string of the molecule is CCOc1ccc(C2=C(c3ccc(O[C@H]4CCN(CCCF)C4)cc3)c3ccc(OF)cc3CCC2)c(Cl)c1. The highest BCUT2D eigenvalue weighted by molar-refractivity contribution is 6.33. The molecule has 1 aliphatic carbocycles. The summed E-state index contributed by atoms with van der Waals surface area (Å²) in [5.74, 6) is 1.76. The van der Waals surface area contributed by atoms with Gasteiger partial charge in [-0.3, -0.25) is 14.2 Å². The van der Waals surface area contributed by atoms with Gasteiger partial charge in [-0.15, -0.1) is 0 Å². The lowest BCUT2D eigenvalue weighted by molar-refractivity contribution is -0.00629. The third kappa shape index (κ3) is 6.39. The van der Waals surface area contributed by atoms with E-state index in [0.717, 1.165) is 90.2 Å². The molecular formula is C32H34ClF2NO3. The Morgan fingerprint density at radius 1 is 0.949 bits per heavy atom. The number of alkyl halides is 1. The Hall–Kier alpha value is -3.09. The Morgan fingerprint density at radius 3 is 2.46 bits per heavy atom. The average Bonchev–Trinajstić information content (AvgIpc) is 3.31. The van der Waals surface area contributed by atoms with Crippen LogP contribution in [0.5, 0.6) is 17.2 Å². The van der Waals surface area contributed by atoms with Gasteiger partial charge in [-0.1, -0.05) is 29.8 Å². The van der Waals surface area contributed by atoms with E-state index in [1.165, 1.54) is 0 Å². The summed E-state index contributed by atoms with van der Waals surface area (Å²) in [6.07, 6.45) is 4.12. The first-order valence-corrected chi connectivity index (χ1v) is 14.1. The topological polar surface area (TPSA) is 30.9 Å². The molecule has 0 radical (unpaired) electrons. The van der Waals surface area contributed by atoms with Crippen LogP contribution in [0.1, 0.15) is 54.9 Å². The summed E-state index contributed by atoms with van der Waals surface area (Å²) in [4.78, 5) is 6.31. The van der Waals surface area contributed by atoms with Crippen LogP contribution >= 0.6 is 11.6 Å². The van der Waals surface area contributed by atoms with E-state index in [1.807, 2.05) is 43.3 Å². The van der Waals surface area contributed by atoms with E-state index in [9.17, 15) is 8.92 Å². The van der Waals surface area contributed by atoms with Gasteiger partial charge in [0.2, 0.25) is 0 Å². The molecule has 39 heavy (non-hydrogen) atoms. The Morgan fingerprint density at radius 2 is 1.72 bits per heavy atom. The summed E-state index contributed by atoms with van der Waals surface area (Å²) in [5.41, 5.74) is 6.30. The van der Waals surface area contributed by atoms with Crippen molar-refractivity contribution in [3.8, 4) is 17.2 Å². The molecule has 206 valence electrons. The van der Waals surface area contributed by atoms with Crippen molar-refractivity contribution < 1.29 is 23.3 Å². The number of ether oxygens (including phenoxy) is 2. The van der Waals surface area contributed by atoms with Gasteiger partial charge in [0.05, 0.1) is 18.3 Å². The third-order valence-corrected chi connectivity index (χ3v) is 7.78. The fourth-order valence-electron chi connectivity index (χ4n) is 5.68. The summed E-state index contributed by atoms with van der Waals surface area (Å²) in [6, 6.07) is 19.4. The number of aryl methyl sites for hydroxylation is 1. The van der Waals surface area contributed by atoms with E-state index >= 15 is 0 Å². The fourth-order valence-corrected chi connectivity index (χ4v) is 5.97. The molecule has 1 aliphatic heterocycles. The quantitative estimate of drug-likeness (QED) is 0.254. The fraction of sp³-hybridized carbons (Fsp3) is 0.375. The number of allylic oxidation sites excluding steroid dienone is 1. The van der Waals surface area contributed by atoms with Gasteiger partial charge < -0.3 is 9.47 Å². The molecule has 0 spiro atoms. The molecule has 5 rings (SSSR count). The van der Waals surface area contributed by atoms with Gasteiger partial charge in [-0.25, -0.2) is 0 Å². The van der Waals surface area contributed by atoms with E-state index in [0.29, 0.717) is 18.1 Å². The van der Waals surface area contributed by atoms with Gasteiger partial charge in [0.15, 0.2) is 5.75 Å². The van der Waals surface area contributed by atoms with Crippen LogP contribution in [0.15, 0.2) is 60.7 Å². The van der Waals surface area contributed by atoms with Gasteiger partial charge in [0, 0.05) is 24.2 Å². The minimum atomic E-state index is -0.283. The first-order valence-electron chi connectivity index (χ1n) is 13.7. The van der Waals surface area contributed by atoms with Gasteiger partial charge in [0.25, 0.3) is 0 Å². The molecule has 0 bridgehead atoms. The molecule has 4 nitrogen and oxygen atoms in total. The van der Waals surface area contributed by atoms with Crippen molar-refractivity contribution in [2.24, 2.45) is 0 Å². The van der Waals surface area contributed by atoms with Crippen molar-refractivity contribution in [3.05, 3.63) is 87.9 Å². The largest absolute Gasteiger partial charge is 0.494 e. The second kappa shape index (κ2) is 12.8. The minimum absolute atomic E-state index is 0.102. The predicted octanol–water partition coefficient (Wildman–Crippen LogP) is 8.11. The van der Waals surface area contributed by atoms with E-state index in [4.69, 9.17) is 21.1 Å². The second-order valence-corrected chi connectivity index (χ2v) is 10.5. The zero-order chi connectivity index (χ0) is 27.2. The number of halogens is 3. The maximum absolute atomic E-state index is 13.0. The number of benzene rings is 3. The molecule has 1 fully saturated rings. The highest BCUT2D eigenvalue weighted by Gasteiger charge is 2.25. The summed E-state index contributed by atoms with van der Waals surface area (Å²) in [5, 5.41) is 0.638. The molecule has 0 aromatic heterocycles. The van der Waals surface area contributed by atoms with Crippen molar-refractivity contribution in [2.75, 3.05) is 32.9 Å². The van der Waals surface area contributed by atoms with Crippen LogP contribution in [0.4, 0.5) is 8.92 Å². The molecular weight excluding hydrogens is 520 g/mol. The number of fused-ring (bicyclic) bond motifs is 1. The maximum Gasteiger partial charge on any atom is 0.172 e. The lowest BCUT2D eigenvalue weighted by atomic mass is 9.87. The van der Waals surface area contributed by atoms with Crippen molar-refractivity contribution in [2.45, 2.75) is 45.1 Å². The molecule has 0 N–H and O–H groups in total. The number of hydrogen-bond donors (Lipinski definition) is 0. The Labute approximate surface area is 234 Å². The Kier molecular flexibility index (Phi) is 9.05. The van der Waals surface area contributed by atoms with Gasteiger partial charge in [-0.05, 0) is 115 Å². The van der Waals surface area contributed by atoms with Crippen LogP contribution in [-0.2, 0) is 6.42 Å². The zero-order valence-corrected chi connectivity index (χ0v) is 23.0. The standard InChI is InChI=1S/C32H34ClF2NO3/c1-2-37-25-11-14-29(31(33)20-25)30-6-3-5-23-19-26(39-35)12-13-28(23)32(30)22-7-9-24(10-8-22)38-27-15-18-36(21-27)17-4-16-34/h7-14,19-20,27H,2-6,15-18,21H2,1H3/t27-/m0/s1. The smallest absolute Gasteiger partial charge is 0.172 e.